The molecule has 19 heavy (non-hydrogen) atoms. The van der Waals surface area contributed by atoms with Gasteiger partial charge in [-0.15, -0.1) is 0 Å². The quantitative estimate of drug-likeness (QED) is 0.693. The van der Waals surface area contributed by atoms with Crippen molar-refractivity contribution in [3.05, 3.63) is 11.8 Å². The third-order valence-corrected chi connectivity index (χ3v) is 5.46. The maximum absolute atomic E-state index is 12.3. The molecular weight excluding hydrogens is 264 g/mol. The monoisotopic (exact) mass is 286 g/mol. The number of sulfonamides is 1. The molecule has 1 fully saturated rings. The summed E-state index contributed by atoms with van der Waals surface area (Å²) < 4.78 is 27.3. The van der Waals surface area contributed by atoms with Gasteiger partial charge in [0.25, 0.3) is 10.0 Å². The number of H-pyrrole nitrogens is 1. The van der Waals surface area contributed by atoms with Crippen molar-refractivity contribution in [2.24, 2.45) is 11.3 Å². The Kier molecular flexibility index (Phi) is 3.98. The van der Waals surface area contributed by atoms with Crippen molar-refractivity contribution < 1.29 is 8.42 Å². The average Bonchev–Trinajstić information content (AvgIpc) is 3.00. The molecule has 0 aromatic carbocycles. The summed E-state index contributed by atoms with van der Waals surface area (Å²) in [5, 5.41) is 9.50. The van der Waals surface area contributed by atoms with Crippen LogP contribution in [-0.2, 0) is 16.6 Å². The van der Waals surface area contributed by atoms with Crippen molar-refractivity contribution in [2.75, 3.05) is 13.6 Å². The standard InChI is InChI=1S/C12H22N4O2S/c1-9(2)12(4-5-12)8-15-19(17,18)11-10(6-13-3)7-14-16-11/h7,9,13,15H,4-6,8H2,1-3H3,(H,14,16). The maximum atomic E-state index is 12.3. The second-order valence-electron chi connectivity index (χ2n) is 5.60. The Morgan fingerprint density at radius 1 is 1.47 bits per heavy atom. The minimum absolute atomic E-state index is 0.149. The summed E-state index contributed by atoms with van der Waals surface area (Å²) in [5.74, 6) is 0.494. The highest BCUT2D eigenvalue weighted by Crippen LogP contribution is 2.51. The van der Waals surface area contributed by atoms with Gasteiger partial charge in [-0.1, -0.05) is 13.8 Å². The zero-order valence-electron chi connectivity index (χ0n) is 11.7. The van der Waals surface area contributed by atoms with Crippen molar-refractivity contribution in [1.29, 1.82) is 0 Å². The van der Waals surface area contributed by atoms with Gasteiger partial charge in [-0.05, 0) is 31.2 Å². The van der Waals surface area contributed by atoms with E-state index < -0.39 is 10.0 Å². The second-order valence-corrected chi connectivity index (χ2v) is 7.30. The second kappa shape index (κ2) is 5.22. The topological polar surface area (TPSA) is 86.9 Å². The summed E-state index contributed by atoms with van der Waals surface area (Å²) >= 11 is 0. The Bertz CT molecular complexity index is 532. The van der Waals surface area contributed by atoms with Gasteiger partial charge in [0.1, 0.15) is 0 Å². The molecule has 0 radical (unpaired) electrons. The summed E-state index contributed by atoms with van der Waals surface area (Å²) in [5.41, 5.74) is 0.806. The van der Waals surface area contributed by atoms with E-state index >= 15 is 0 Å². The van der Waals surface area contributed by atoms with Crippen molar-refractivity contribution in [3.63, 3.8) is 0 Å². The number of nitrogens with zero attached hydrogens (tertiary/aromatic N) is 1. The molecule has 0 aliphatic heterocycles. The number of rotatable bonds is 7. The van der Waals surface area contributed by atoms with E-state index in [1.165, 1.54) is 0 Å². The summed E-state index contributed by atoms with van der Waals surface area (Å²) in [6, 6.07) is 0. The Morgan fingerprint density at radius 2 is 2.16 bits per heavy atom. The van der Waals surface area contributed by atoms with Crippen LogP contribution >= 0.6 is 0 Å². The molecule has 0 spiro atoms. The first-order chi connectivity index (χ1) is 8.91. The Labute approximate surface area is 114 Å². The fourth-order valence-corrected chi connectivity index (χ4v) is 3.54. The molecule has 3 N–H and O–H groups in total. The van der Waals surface area contributed by atoms with Gasteiger partial charge in [-0.2, -0.15) is 5.10 Å². The molecule has 0 saturated heterocycles. The van der Waals surface area contributed by atoms with Crippen LogP contribution in [0.5, 0.6) is 0 Å². The van der Waals surface area contributed by atoms with Crippen LogP contribution in [0.1, 0.15) is 32.3 Å². The fourth-order valence-electron chi connectivity index (χ4n) is 2.28. The van der Waals surface area contributed by atoms with Gasteiger partial charge in [-0.3, -0.25) is 5.10 Å². The van der Waals surface area contributed by atoms with Crippen LogP contribution in [-0.4, -0.2) is 32.2 Å². The SMILES string of the molecule is CNCc1cn[nH]c1S(=O)(=O)NCC1(C(C)C)CC1. The third-order valence-electron chi connectivity index (χ3n) is 4.05. The van der Waals surface area contributed by atoms with Crippen LogP contribution in [0.3, 0.4) is 0 Å². The van der Waals surface area contributed by atoms with Gasteiger partial charge in [0.2, 0.25) is 0 Å². The predicted octanol–water partition coefficient (Wildman–Crippen LogP) is 0.844. The van der Waals surface area contributed by atoms with Gasteiger partial charge in [-0.25, -0.2) is 13.1 Å². The number of aromatic amines is 1. The summed E-state index contributed by atoms with van der Waals surface area (Å²) in [4.78, 5) is 0. The van der Waals surface area contributed by atoms with Crippen LogP contribution in [0.4, 0.5) is 0 Å². The Morgan fingerprint density at radius 3 is 2.68 bits per heavy atom. The molecule has 7 heteroatoms. The molecule has 1 aliphatic rings. The van der Waals surface area contributed by atoms with E-state index in [-0.39, 0.29) is 10.4 Å². The first-order valence-electron chi connectivity index (χ1n) is 6.58. The van der Waals surface area contributed by atoms with E-state index in [4.69, 9.17) is 0 Å². The van der Waals surface area contributed by atoms with E-state index in [9.17, 15) is 8.42 Å². The number of hydrogen-bond donors (Lipinski definition) is 3. The highest BCUT2D eigenvalue weighted by atomic mass is 32.2. The number of hydrogen-bond acceptors (Lipinski definition) is 4. The number of aromatic nitrogens is 2. The summed E-state index contributed by atoms with van der Waals surface area (Å²) in [6.07, 6.45) is 3.74. The van der Waals surface area contributed by atoms with Crippen molar-refractivity contribution in [3.8, 4) is 0 Å². The lowest BCUT2D eigenvalue weighted by molar-refractivity contribution is 0.357. The smallest absolute Gasteiger partial charge is 0.257 e. The maximum Gasteiger partial charge on any atom is 0.257 e. The van der Waals surface area contributed by atoms with Gasteiger partial charge >= 0.3 is 0 Å². The molecule has 0 amide bonds. The Hall–Kier alpha value is -0.920. The van der Waals surface area contributed by atoms with Gasteiger partial charge in [0.15, 0.2) is 5.03 Å². The van der Waals surface area contributed by atoms with E-state index in [2.05, 4.69) is 34.1 Å². The van der Waals surface area contributed by atoms with Gasteiger partial charge < -0.3 is 5.32 Å². The minimum atomic E-state index is -3.50. The molecule has 1 saturated carbocycles. The minimum Gasteiger partial charge on any atom is -0.316 e. The van der Waals surface area contributed by atoms with Crippen LogP contribution < -0.4 is 10.0 Å². The molecule has 108 valence electrons. The lowest BCUT2D eigenvalue weighted by Crippen LogP contribution is -2.33. The first-order valence-corrected chi connectivity index (χ1v) is 8.06. The fraction of sp³-hybridized carbons (Fsp3) is 0.750. The normalized spacial score (nSPS) is 17.9. The largest absolute Gasteiger partial charge is 0.316 e. The molecule has 2 rings (SSSR count). The van der Waals surface area contributed by atoms with E-state index in [1.807, 2.05) is 0 Å². The molecule has 0 unspecified atom stereocenters. The molecule has 1 aromatic heterocycles. The third kappa shape index (κ3) is 2.98. The van der Waals surface area contributed by atoms with Gasteiger partial charge in [0, 0.05) is 18.7 Å². The summed E-state index contributed by atoms with van der Waals surface area (Å²) in [6.45, 7) is 5.26. The van der Waals surface area contributed by atoms with E-state index in [1.54, 1.807) is 13.2 Å². The van der Waals surface area contributed by atoms with Gasteiger partial charge in [0.05, 0.1) is 6.20 Å². The predicted molar refractivity (Wildman–Crippen MR) is 73.0 cm³/mol. The Balaban J connectivity index is 2.08. The van der Waals surface area contributed by atoms with Crippen molar-refractivity contribution >= 4 is 10.0 Å². The van der Waals surface area contributed by atoms with Crippen molar-refractivity contribution in [1.82, 2.24) is 20.2 Å². The van der Waals surface area contributed by atoms with Crippen LogP contribution in [0, 0.1) is 11.3 Å². The van der Waals surface area contributed by atoms with Crippen molar-refractivity contribution in [2.45, 2.75) is 38.3 Å². The highest BCUT2D eigenvalue weighted by molar-refractivity contribution is 7.89. The average molecular weight is 286 g/mol. The first kappa shape index (κ1) is 14.5. The summed E-state index contributed by atoms with van der Waals surface area (Å²) in [7, 11) is -1.73. The van der Waals surface area contributed by atoms with E-state index in [0.29, 0.717) is 24.6 Å². The molecule has 0 bridgehead atoms. The van der Waals surface area contributed by atoms with Crippen LogP contribution in [0.25, 0.3) is 0 Å². The van der Waals surface area contributed by atoms with E-state index in [0.717, 1.165) is 12.8 Å². The molecular formula is C12H22N4O2S. The molecule has 1 aliphatic carbocycles. The molecule has 1 aromatic rings. The zero-order chi connectivity index (χ0) is 14.1. The molecule has 6 nitrogen and oxygen atoms in total. The van der Waals surface area contributed by atoms with Crippen LogP contribution in [0.2, 0.25) is 0 Å². The lowest BCUT2D eigenvalue weighted by Gasteiger charge is -2.19. The van der Waals surface area contributed by atoms with Crippen LogP contribution in [0.15, 0.2) is 11.2 Å². The lowest BCUT2D eigenvalue weighted by atomic mass is 9.93. The zero-order valence-corrected chi connectivity index (χ0v) is 12.5. The molecule has 0 atom stereocenters. The number of nitrogens with one attached hydrogen (secondary N) is 3. The highest BCUT2D eigenvalue weighted by Gasteiger charge is 2.45. The molecule has 1 heterocycles.